The lowest BCUT2D eigenvalue weighted by atomic mass is 10.1. The van der Waals surface area contributed by atoms with Crippen molar-refractivity contribution in [1.29, 1.82) is 0 Å². The number of para-hydroxylation sites is 3. The fourth-order valence-electron chi connectivity index (χ4n) is 2.32. The van der Waals surface area contributed by atoms with Gasteiger partial charge in [0.1, 0.15) is 0 Å². The van der Waals surface area contributed by atoms with Gasteiger partial charge in [-0.25, -0.2) is 0 Å². The molecule has 3 N–H and O–H groups in total. The molecule has 25 heavy (non-hydrogen) atoms. The van der Waals surface area contributed by atoms with Crippen LogP contribution in [0.3, 0.4) is 0 Å². The Morgan fingerprint density at radius 2 is 1.16 bits per heavy atom. The minimum absolute atomic E-state index is 0.197. The summed E-state index contributed by atoms with van der Waals surface area (Å²) >= 11 is 5.34. The molecule has 0 unspecified atom stereocenters. The number of carbonyl (C=O) groups excluding carboxylic acids is 1. The van der Waals surface area contributed by atoms with Crippen molar-refractivity contribution in [2.45, 2.75) is 0 Å². The van der Waals surface area contributed by atoms with Crippen LogP contribution in [0.4, 0.5) is 17.1 Å². The molecule has 0 saturated heterocycles. The highest BCUT2D eigenvalue weighted by atomic mass is 32.1. The zero-order valence-electron chi connectivity index (χ0n) is 13.4. The fourth-order valence-corrected chi connectivity index (χ4v) is 2.54. The maximum Gasteiger partial charge on any atom is 0.257 e. The van der Waals surface area contributed by atoms with Gasteiger partial charge in [-0.1, -0.05) is 48.5 Å². The van der Waals surface area contributed by atoms with Gasteiger partial charge < -0.3 is 16.0 Å². The van der Waals surface area contributed by atoms with E-state index in [4.69, 9.17) is 12.2 Å². The van der Waals surface area contributed by atoms with Crippen molar-refractivity contribution >= 4 is 40.3 Å². The fraction of sp³-hybridized carbons (Fsp3) is 0. The largest absolute Gasteiger partial charge is 0.332 e. The predicted molar refractivity (Wildman–Crippen MR) is 107 cm³/mol. The highest BCUT2D eigenvalue weighted by Crippen LogP contribution is 2.18. The number of rotatable bonds is 4. The molecule has 124 valence electrons. The van der Waals surface area contributed by atoms with Crippen LogP contribution < -0.4 is 16.0 Å². The molecule has 0 atom stereocenters. The van der Waals surface area contributed by atoms with E-state index in [9.17, 15) is 4.79 Å². The molecule has 0 spiro atoms. The minimum atomic E-state index is -0.197. The van der Waals surface area contributed by atoms with Crippen LogP contribution in [0.1, 0.15) is 10.4 Å². The monoisotopic (exact) mass is 347 g/mol. The molecule has 0 saturated carbocycles. The summed E-state index contributed by atoms with van der Waals surface area (Å²) in [6.07, 6.45) is 0. The SMILES string of the molecule is O=C(Nc1ccccc1)c1ccccc1NC(=S)Nc1ccccc1. The van der Waals surface area contributed by atoms with Gasteiger partial charge in [-0.15, -0.1) is 0 Å². The summed E-state index contributed by atoms with van der Waals surface area (Å²) in [7, 11) is 0. The first-order valence-corrected chi connectivity index (χ1v) is 8.22. The molecular formula is C20H17N3OS. The normalized spacial score (nSPS) is 9.92. The summed E-state index contributed by atoms with van der Waals surface area (Å²) < 4.78 is 0. The van der Waals surface area contributed by atoms with Crippen LogP contribution in [0.2, 0.25) is 0 Å². The third kappa shape index (κ3) is 4.65. The number of nitrogens with one attached hydrogen (secondary N) is 3. The van der Waals surface area contributed by atoms with E-state index >= 15 is 0 Å². The number of anilines is 3. The smallest absolute Gasteiger partial charge is 0.257 e. The number of thiocarbonyl (C=S) groups is 1. The van der Waals surface area contributed by atoms with Gasteiger partial charge in [-0.3, -0.25) is 4.79 Å². The summed E-state index contributed by atoms with van der Waals surface area (Å²) in [6.45, 7) is 0. The molecular weight excluding hydrogens is 330 g/mol. The van der Waals surface area contributed by atoms with Crippen LogP contribution >= 0.6 is 12.2 Å². The van der Waals surface area contributed by atoms with Gasteiger partial charge in [-0.05, 0) is 48.6 Å². The lowest BCUT2D eigenvalue weighted by molar-refractivity contribution is 0.102. The van der Waals surface area contributed by atoms with Crippen molar-refractivity contribution in [2.75, 3.05) is 16.0 Å². The van der Waals surface area contributed by atoms with E-state index in [0.717, 1.165) is 11.4 Å². The van der Waals surface area contributed by atoms with Gasteiger partial charge in [0.25, 0.3) is 5.91 Å². The van der Waals surface area contributed by atoms with Crippen molar-refractivity contribution < 1.29 is 4.79 Å². The maximum atomic E-state index is 12.6. The van der Waals surface area contributed by atoms with E-state index < -0.39 is 0 Å². The Hall–Kier alpha value is -3.18. The number of hydrogen-bond acceptors (Lipinski definition) is 2. The van der Waals surface area contributed by atoms with Gasteiger partial charge >= 0.3 is 0 Å². The number of benzene rings is 3. The molecule has 0 aliphatic rings. The van der Waals surface area contributed by atoms with Crippen LogP contribution in [0.5, 0.6) is 0 Å². The Morgan fingerprint density at radius 3 is 1.80 bits per heavy atom. The Balaban J connectivity index is 1.72. The van der Waals surface area contributed by atoms with E-state index in [1.807, 2.05) is 78.9 Å². The quantitative estimate of drug-likeness (QED) is 0.596. The molecule has 0 radical (unpaired) electrons. The summed E-state index contributed by atoms with van der Waals surface area (Å²) in [5.41, 5.74) is 2.78. The van der Waals surface area contributed by atoms with Crippen LogP contribution in [0.25, 0.3) is 0 Å². The molecule has 0 fully saturated rings. The van der Waals surface area contributed by atoms with Crippen LogP contribution in [0, 0.1) is 0 Å². The molecule has 1 amide bonds. The Bertz CT molecular complexity index is 866. The summed E-state index contributed by atoms with van der Waals surface area (Å²) in [4.78, 5) is 12.6. The van der Waals surface area contributed by atoms with Crippen molar-refractivity contribution in [2.24, 2.45) is 0 Å². The zero-order chi connectivity index (χ0) is 17.5. The molecule has 0 aliphatic carbocycles. The summed E-state index contributed by atoms with van der Waals surface area (Å²) in [6, 6.07) is 26.2. The Morgan fingerprint density at radius 1 is 0.640 bits per heavy atom. The van der Waals surface area contributed by atoms with Crippen LogP contribution in [-0.4, -0.2) is 11.0 Å². The first kappa shape index (κ1) is 16.7. The number of hydrogen-bond donors (Lipinski definition) is 3. The van der Waals surface area contributed by atoms with Crippen molar-refractivity contribution in [3.05, 3.63) is 90.5 Å². The van der Waals surface area contributed by atoms with Crippen LogP contribution in [-0.2, 0) is 0 Å². The van der Waals surface area contributed by atoms with Gasteiger partial charge in [0.2, 0.25) is 0 Å². The van der Waals surface area contributed by atoms with Gasteiger partial charge in [0.15, 0.2) is 5.11 Å². The van der Waals surface area contributed by atoms with Crippen molar-refractivity contribution in [1.82, 2.24) is 0 Å². The van der Waals surface area contributed by atoms with Crippen molar-refractivity contribution in [3.63, 3.8) is 0 Å². The molecule has 0 heterocycles. The third-order valence-electron chi connectivity index (χ3n) is 3.48. The highest BCUT2D eigenvalue weighted by molar-refractivity contribution is 7.80. The first-order valence-electron chi connectivity index (χ1n) is 7.81. The van der Waals surface area contributed by atoms with Gasteiger partial charge in [-0.2, -0.15) is 0 Å². The Labute approximate surface area is 151 Å². The second-order valence-corrected chi connectivity index (χ2v) is 5.72. The van der Waals surface area contributed by atoms with Gasteiger partial charge in [0.05, 0.1) is 11.3 Å². The van der Waals surface area contributed by atoms with E-state index in [-0.39, 0.29) is 5.91 Å². The summed E-state index contributed by atoms with van der Waals surface area (Å²) in [5, 5.41) is 9.48. The average molecular weight is 347 g/mol. The average Bonchev–Trinajstić information content (AvgIpc) is 2.63. The minimum Gasteiger partial charge on any atom is -0.332 e. The zero-order valence-corrected chi connectivity index (χ0v) is 14.2. The van der Waals surface area contributed by atoms with E-state index in [1.54, 1.807) is 6.07 Å². The second kappa shape index (κ2) is 8.08. The van der Waals surface area contributed by atoms with E-state index in [0.29, 0.717) is 16.4 Å². The molecule has 0 bridgehead atoms. The van der Waals surface area contributed by atoms with E-state index in [1.165, 1.54) is 0 Å². The first-order chi connectivity index (χ1) is 12.2. The standard InChI is InChI=1S/C20H17N3OS/c24-19(21-15-9-3-1-4-10-15)17-13-7-8-14-18(17)23-20(25)22-16-11-5-2-6-12-16/h1-14H,(H,21,24)(H2,22,23,25). The van der Waals surface area contributed by atoms with Gasteiger partial charge in [0, 0.05) is 11.4 Å². The molecule has 4 nitrogen and oxygen atoms in total. The molecule has 0 aromatic heterocycles. The highest BCUT2D eigenvalue weighted by Gasteiger charge is 2.12. The lowest BCUT2D eigenvalue weighted by Crippen LogP contribution is -2.22. The summed E-state index contributed by atoms with van der Waals surface area (Å²) in [5.74, 6) is -0.197. The molecule has 3 aromatic carbocycles. The van der Waals surface area contributed by atoms with E-state index in [2.05, 4.69) is 16.0 Å². The van der Waals surface area contributed by atoms with Crippen LogP contribution in [0.15, 0.2) is 84.9 Å². The number of amides is 1. The maximum absolute atomic E-state index is 12.6. The third-order valence-corrected chi connectivity index (χ3v) is 3.69. The predicted octanol–water partition coefficient (Wildman–Crippen LogP) is 4.75. The molecule has 0 aliphatic heterocycles. The number of carbonyl (C=O) groups is 1. The molecule has 3 aromatic rings. The van der Waals surface area contributed by atoms with Crippen molar-refractivity contribution in [3.8, 4) is 0 Å². The Kier molecular flexibility index (Phi) is 5.39. The molecule has 3 rings (SSSR count). The lowest BCUT2D eigenvalue weighted by Gasteiger charge is -2.14. The second-order valence-electron chi connectivity index (χ2n) is 5.31. The molecule has 5 heteroatoms. The topological polar surface area (TPSA) is 53.2 Å².